The third-order valence-corrected chi connectivity index (χ3v) is 6.33. The zero-order chi connectivity index (χ0) is 19.9. The monoisotopic (exact) mass is 374 g/mol. The molecule has 1 saturated heterocycles. The molecule has 1 unspecified atom stereocenters. The van der Waals surface area contributed by atoms with Crippen LogP contribution in [0.5, 0.6) is 0 Å². The minimum absolute atomic E-state index is 0.0199. The van der Waals surface area contributed by atoms with Crippen LogP contribution in [0.1, 0.15) is 49.4 Å². The summed E-state index contributed by atoms with van der Waals surface area (Å²) in [5, 5.41) is 0. The molecule has 28 heavy (non-hydrogen) atoms. The molecule has 2 aliphatic rings. The number of carbonyl (C=O) groups is 2. The number of benzene rings is 2. The van der Waals surface area contributed by atoms with Gasteiger partial charge in [0.05, 0.1) is 17.6 Å². The average Bonchev–Trinajstić information content (AvgIpc) is 3.05. The van der Waals surface area contributed by atoms with Crippen molar-refractivity contribution in [2.75, 3.05) is 6.54 Å². The summed E-state index contributed by atoms with van der Waals surface area (Å²) in [6.07, 6.45) is 2.96. The number of Topliss-reactive ketones (excluding diaryl/α,β-unsaturated/α-hetero) is 1. The summed E-state index contributed by atoms with van der Waals surface area (Å²) in [6.45, 7) is 6.36. The van der Waals surface area contributed by atoms with Gasteiger partial charge in [-0.05, 0) is 44.4 Å². The molecule has 0 bridgehead atoms. The largest absolute Gasteiger partial charge is 0.336 e. The number of ketones is 1. The molecular formula is C24H26N2O2. The highest BCUT2D eigenvalue weighted by molar-refractivity contribution is 5.97. The molecule has 0 N–H and O–H groups in total. The average molecular weight is 374 g/mol. The summed E-state index contributed by atoms with van der Waals surface area (Å²) in [7, 11) is 0. The first kappa shape index (κ1) is 18.6. The van der Waals surface area contributed by atoms with Gasteiger partial charge in [-0.15, -0.1) is 0 Å². The summed E-state index contributed by atoms with van der Waals surface area (Å²) in [5.41, 5.74) is 3.86. The lowest BCUT2D eigenvalue weighted by atomic mass is 9.65. The second kappa shape index (κ2) is 7.01. The predicted molar refractivity (Wildman–Crippen MR) is 111 cm³/mol. The standard InChI is InChI=1S/C24H26N2O2/c1-16-8-10-19(11-9-16)18(3)26-13-12-24(21(23(26)28)14-17(2)27)15-25-22-7-5-4-6-20(22)24/h4-11,15,18,21H,12-14H2,1-3H3/t18?,21-,24+/m1/s1. The molecule has 0 saturated carbocycles. The second-order valence-corrected chi connectivity index (χ2v) is 8.14. The lowest BCUT2D eigenvalue weighted by Crippen LogP contribution is -2.54. The minimum atomic E-state index is -0.469. The van der Waals surface area contributed by atoms with E-state index >= 15 is 0 Å². The quantitative estimate of drug-likeness (QED) is 0.789. The van der Waals surface area contributed by atoms with E-state index in [1.165, 1.54) is 5.56 Å². The van der Waals surface area contributed by atoms with Gasteiger partial charge < -0.3 is 9.69 Å². The van der Waals surface area contributed by atoms with Crippen molar-refractivity contribution in [3.8, 4) is 0 Å². The van der Waals surface area contributed by atoms with Crippen LogP contribution in [0.3, 0.4) is 0 Å². The Labute approximate surface area is 166 Å². The third kappa shape index (κ3) is 2.97. The molecule has 2 heterocycles. The van der Waals surface area contributed by atoms with Crippen molar-refractivity contribution in [1.29, 1.82) is 0 Å². The van der Waals surface area contributed by atoms with Gasteiger partial charge in [-0.3, -0.25) is 9.79 Å². The summed E-state index contributed by atoms with van der Waals surface area (Å²) in [4.78, 5) is 32.2. The Morgan fingerprint density at radius 2 is 1.93 bits per heavy atom. The molecular weight excluding hydrogens is 348 g/mol. The first-order chi connectivity index (χ1) is 13.4. The van der Waals surface area contributed by atoms with Crippen molar-refractivity contribution in [3.63, 3.8) is 0 Å². The summed E-state index contributed by atoms with van der Waals surface area (Å²) < 4.78 is 0. The summed E-state index contributed by atoms with van der Waals surface area (Å²) in [5.74, 6) is -0.308. The zero-order valence-corrected chi connectivity index (χ0v) is 16.7. The first-order valence-corrected chi connectivity index (χ1v) is 9.93. The van der Waals surface area contributed by atoms with Gasteiger partial charge in [-0.25, -0.2) is 0 Å². The predicted octanol–water partition coefficient (Wildman–Crippen LogP) is 4.54. The van der Waals surface area contributed by atoms with Crippen molar-refractivity contribution >= 4 is 23.6 Å². The van der Waals surface area contributed by atoms with E-state index < -0.39 is 11.3 Å². The van der Waals surface area contributed by atoms with Gasteiger partial charge >= 0.3 is 0 Å². The Kier molecular flexibility index (Phi) is 4.66. The van der Waals surface area contributed by atoms with Crippen LogP contribution in [-0.4, -0.2) is 29.3 Å². The van der Waals surface area contributed by atoms with Gasteiger partial charge in [-0.1, -0.05) is 48.0 Å². The van der Waals surface area contributed by atoms with Crippen molar-refractivity contribution < 1.29 is 9.59 Å². The SMILES string of the molecule is CC(=O)C[C@@H]1C(=O)N(C(C)c2ccc(C)cc2)CC[C@@]12C=Nc1ccccc12. The van der Waals surface area contributed by atoms with Crippen molar-refractivity contribution in [3.05, 3.63) is 65.2 Å². The highest BCUT2D eigenvalue weighted by atomic mass is 16.2. The number of hydrogen-bond acceptors (Lipinski definition) is 3. The highest BCUT2D eigenvalue weighted by Crippen LogP contribution is 2.49. The molecule has 3 atom stereocenters. The Morgan fingerprint density at radius 1 is 1.21 bits per heavy atom. The topological polar surface area (TPSA) is 49.7 Å². The summed E-state index contributed by atoms with van der Waals surface area (Å²) >= 11 is 0. The Bertz CT molecular complexity index is 947. The molecule has 1 fully saturated rings. The maximum Gasteiger partial charge on any atom is 0.227 e. The fraction of sp³-hybridized carbons (Fsp3) is 0.375. The Balaban J connectivity index is 1.70. The Morgan fingerprint density at radius 3 is 2.64 bits per heavy atom. The minimum Gasteiger partial charge on any atom is -0.336 e. The highest BCUT2D eigenvalue weighted by Gasteiger charge is 2.52. The van der Waals surface area contributed by atoms with E-state index in [4.69, 9.17) is 0 Å². The van der Waals surface area contributed by atoms with Crippen molar-refractivity contribution in [2.45, 2.75) is 45.1 Å². The fourth-order valence-corrected chi connectivity index (χ4v) is 4.69. The maximum absolute atomic E-state index is 13.6. The van der Waals surface area contributed by atoms with E-state index in [-0.39, 0.29) is 24.2 Å². The van der Waals surface area contributed by atoms with Crippen molar-refractivity contribution in [1.82, 2.24) is 4.90 Å². The van der Waals surface area contributed by atoms with Crippen LogP contribution in [0.25, 0.3) is 0 Å². The molecule has 4 heteroatoms. The number of rotatable bonds is 4. The lowest BCUT2D eigenvalue weighted by Gasteiger charge is -2.46. The number of para-hydroxylation sites is 1. The molecule has 1 spiro atoms. The molecule has 2 aliphatic heterocycles. The molecule has 0 aliphatic carbocycles. The number of aliphatic imine (C=N–C) groups is 1. The molecule has 2 aromatic carbocycles. The van der Waals surface area contributed by atoms with E-state index in [0.717, 1.165) is 23.2 Å². The number of nitrogens with zero attached hydrogens (tertiary/aromatic N) is 2. The van der Waals surface area contributed by atoms with Gasteiger partial charge in [0.15, 0.2) is 0 Å². The number of amides is 1. The number of carbonyl (C=O) groups excluding carboxylic acids is 2. The van der Waals surface area contributed by atoms with Crippen LogP contribution < -0.4 is 0 Å². The molecule has 144 valence electrons. The molecule has 4 rings (SSSR count). The maximum atomic E-state index is 13.6. The smallest absolute Gasteiger partial charge is 0.227 e. The van der Waals surface area contributed by atoms with Gasteiger partial charge in [-0.2, -0.15) is 0 Å². The number of likely N-dealkylation sites (tertiary alicyclic amines) is 1. The molecule has 2 aromatic rings. The van der Waals surface area contributed by atoms with Crippen LogP contribution in [0.4, 0.5) is 5.69 Å². The first-order valence-electron chi connectivity index (χ1n) is 9.93. The summed E-state index contributed by atoms with van der Waals surface area (Å²) in [6, 6.07) is 16.3. The molecule has 1 amide bonds. The zero-order valence-electron chi connectivity index (χ0n) is 16.7. The number of aryl methyl sites for hydroxylation is 1. The van der Waals surface area contributed by atoms with Gasteiger partial charge in [0.1, 0.15) is 5.78 Å². The van der Waals surface area contributed by atoms with Gasteiger partial charge in [0, 0.05) is 24.6 Å². The lowest BCUT2D eigenvalue weighted by molar-refractivity contribution is -0.145. The van der Waals surface area contributed by atoms with Crippen LogP contribution in [0.2, 0.25) is 0 Å². The van der Waals surface area contributed by atoms with E-state index in [2.05, 4.69) is 49.2 Å². The van der Waals surface area contributed by atoms with Gasteiger partial charge in [0.25, 0.3) is 0 Å². The number of fused-ring (bicyclic) bond motifs is 2. The van der Waals surface area contributed by atoms with Crippen LogP contribution in [0, 0.1) is 12.8 Å². The number of hydrogen-bond donors (Lipinski definition) is 0. The molecule has 4 nitrogen and oxygen atoms in total. The molecule has 0 aromatic heterocycles. The fourth-order valence-electron chi connectivity index (χ4n) is 4.69. The third-order valence-electron chi connectivity index (χ3n) is 6.33. The van der Waals surface area contributed by atoms with Crippen LogP contribution >= 0.6 is 0 Å². The van der Waals surface area contributed by atoms with E-state index in [9.17, 15) is 9.59 Å². The Hall–Kier alpha value is -2.75. The van der Waals surface area contributed by atoms with Gasteiger partial charge in [0.2, 0.25) is 5.91 Å². The van der Waals surface area contributed by atoms with Crippen LogP contribution in [-0.2, 0) is 15.0 Å². The van der Waals surface area contributed by atoms with E-state index in [1.54, 1.807) is 6.92 Å². The van der Waals surface area contributed by atoms with E-state index in [0.29, 0.717) is 6.54 Å². The van der Waals surface area contributed by atoms with Crippen molar-refractivity contribution in [2.24, 2.45) is 10.9 Å². The second-order valence-electron chi connectivity index (χ2n) is 8.14. The van der Waals surface area contributed by atoms with Crippen LogP contribution in [0.15, 0.2) is 53.5 Å². The van der Waals surface area contributed by atoms with E-state index in [1.807, 2.05) is 29.3 Å². The molecule has 0 radical (unpaired) electrons. The normalized spacial score (nSPS) is 24.5. The number of piperidine rings is 1.